The quantitative estimate of drug-likeness (QED) is 0.829. The van der Waals surface area contributed by atoms with E-state index in [0.717, 1.165) is 5.56 Å². The van der Waals surface area contributed by atoms with Crippen molar-refractivity contribution in [2.45, 2.75) is 26.7 Å². The maximum atomic E-state index is 11.9. The second-order valence-electron chi connectivity index (χ2n) is 4.45. The SMILES string of the molecule is Cc1cnc(-c2nc(N)c(C(C)C)c(=O)[nH]2)nc1. The minimum absolute atomic E-state index is 0.0224. The van der Waals surface area contributed by atoms with E-state index >= 15 is 0 Å². The van der Waals surface area contributed by atoms with Gasteiger partial charge in [-0.25, -0.2) is 15.0 Å². The van der Waals surface area contributed by atoms with Gasteiger partial charge in [-0.15, -0.1) is 0 Å². The third-order valence-electron chi connectivity index (χ3n) is 2.55. The lowest BCUT2D eigenvalue weighted by Crippen LogP contribution is -2.19. The van der Waals surface area contributed by atoms with Crippen LogP contribution in [0.1, 0.15) is 30.9 Å². The average molecular weight is 245 g/mol. The summed E-state index contributed by atoms with van der Waals surface area (Å²) in [6, 6.07) is 0. The summed E-state index contributed by atoms with van der Waals surface area (Å²) >= 11 is 0. The highest BCUT2D eigenvalue weighted by molar-refractivity contribution is 5.50. The van der Waals surface area contributed by atoms with Crippen molar-refractivity contribution in [1.82, 2.24) is 19.9 Å². The Labute approximate surface area is 104 Å². The number of rotatable bonds is 2. The van der Waals surface area contributed by atoms with Crippen LogP contribution in [0.3, 0.4) is 0 Å². The van der Waals surface area contributed by atoms with Gasteiger partial charge in [-0.05, 0) is 18.4 Å². The van der Waals surface area contributed by atoms with Gasteiger partial charge in [0, 0.05) is 12.4 Å². The zero-order valence-corrected chi connectivity index (χ0v) is 10.6. The summed E-state index contributed by atoms with van der Waals surface area (Å²) in [6.07, 6.45) is 3.32. The molecule has 0 aromatic carbocycles. The molecule has 2 aromatic rings. The average Bonchev–Trinajstić information content (AvgIpc) is 2.28. The number of nitrogens with zero attached hydrogens (tertiary/aromatic N) is 3. The van der Waals surface area contributed by atoms with E-state index in [1.54, 1.807) is 12.4 Å². The zero-order chi connectivity index (χ0) is 13.3. The van der Waals surface area contributed by atoms with Crippen LogP contribution < -0.4 is 11.3 Å². The molecule has 0 bridgehead atoms. The molecule has 94 valence electrons. The number of aromatic amines is 1. The van der Waals surface area contributed by atoms with Gasteiger partial charge in [-0.3, -0.25) is 4.79 Å². The number of nitrogens with one attached hydrogen (secondary N) is 1. The Kier molecular flexibility index (Phi) is 3.10. The van der Waals surface area contributed by atoms with Crippen LogP contribution in [0.2, 0.25) is 0 Å². The number of hydrogen-bond acceptors (Lipinski definition) is 5. The van der Waals surface area contributed by atoms with Crippen LogP contribution in [0.15, 0.2) is 17.2 Å². The molecular weight excluding hydrogens is 230 g/mol. The van der Waals surface area contributed by atoms with E-state index < -0.39 is 0 Å². The monoisotopic (exact) mass is 245 g/mol. The van der Waals surface area contributed by atoms with Gasteiger partial charge in [-0.1, -0.05) is 13.8 Å². The molecule has 2 rings (SSSR count). The largest absolute Gasteiger partial charge is 0.383 e. The lowest BCUT2D eigenvalue weighted by Gasteiger charge is -2.08. The Morgan fingerprint density at radius 3 is 2.39 bits per heavy atom. The van der Waals surface area contributed by atoms with E-state index in [1.807, 2.05) is 20.8 Å². The highest BCUT2D eigenvalue weighted by Gasteiger charge is 2.14. The predicted molar refractivity (Wildman–Crippen MR) is 69.1 cm³/mol. The molecule has 18 heavy (non-hydrogen) atoms. The van der Waals surface area contributed by atoms with Gasteiger partial charge >= 0.3 is 0 Å². The molecule has 0 amide bonds. The summed E-state index contributed by atoms with van der Waals surface area (Å²) in [5.74, 6) is 0.906. The first-order chi connectivity index (χ1) is 8.49. The molecule has 0 fully saturated rings. The van der Waals surface area contributed by atoms with E-state index in [-0.39, 0.29) is 17.3 Å². The van der Waals surface area contributed by atoms with Gasteiger partial charge in [0.15, 0.2) is 11.6 Å². The zero-order valence-electron chi connectivity index (χ0n) is 10.6. The first kappa shape index (κ1) is 12.2. The van der Waals surface area contributed by atoms with Crippen LogP contribution in [0.4, 0.5) is 5.82 Å². The maximum Gasteiger partial charge on any atom is 0.256 e. The number of anilines is 1. The summed E-state index contributed by atoms with van der Waals surface area (Å²) in [5.41, 5.74) is 6.99. The number of aromatic nitrogens is 4. The topological polar surface area (TPSA) is 97.5 Å². The standard InChI is InChI=1S/C12H15N5O/c1-6(2)8-9(13)16-11(17-12(8)18)10-14-4-7(3)5-15-10/h4-6H,1-3H3,(H3,13,16,17,18). The molecule has 0 saturated carbocycles. The first-order valence-corrected chi connectivity index (χ1v) is 5.67. The van der Waals surface area contributed by atoms with Crippen molar-refractivity contribution in [3.8, 4) is 11.6 Å². The van der Waals surface area contributed by atoms with Crippen LogP contribution in [0, 0.1) is 6.92 Å². The van der Waals surface area contributed by atoms with E-state index in [1.165, 1.54) is 0 Å². The molecule has 2 aromatic heterocycles. The van der Waals surface area contributed by atoms with Crippen molar-refractivity contribution >= 4 is 5.82 Å². The summed E-state index contributed by atoms with van der Waals surface area (Å²) in [6.45, 7) is 5.67. The Hall–Kier alpha value is -2.24. The molecule has 0 atom stereocenters. The third kappa shape index (κ3) is 2.22. The minimum atomic E-state index is -0.239. The Balaban J connectivity index is 2.55. The first-order valence-electron chi connectivity index (χ1n) is 5.67. The van der Waals surface area contributed by atoms with Crippen LogP contribution >= 0.6 is 0 Å². The molecule has 0 spiro atoms. The van der Waals surface area contributed by atoms with Crippen LogP contribution in [0.5, 0.6) is 0 Å². The summed E-state index contributed by atoms with van der Waals surface area (Å²) in [5, 5.41) is 0. The Bertz CT molecular complexity index is 615. The normalized spacial score (nSPS) is 10.9. The summed E-state index contributed by atoms with van der Waals surface area (Å²) in [7, 11) is 0. The van der Waals surface area contributed by atoms with Gasteiger partial charge in [0.05, 0.1) is 5.56 Å². The molecule has 0 aliphatic carbocycles. The molecule has 0 saturated heterocycles. The van der Waals surface area contributed by atoms with E-state index in [9.17, 15) is 4.79 Å². The molecule has 0 unspecified atom stereocenters. The highest BCUT2D eigenvalue weighted by atomic mass is 16.1. The third-order valence-corrected chi connectivity index (χ3v) is 2.55. The van der Waals surface area contributed by atoms with Crippen molar-refractivity contribution in [3.05, 3.63) is 33.9 Å². The van der Waals surface area contributed by atoms with E-state index in [2.05, 4.69) is 19.9 Å². The lowest BCUT2D eigenvalue weighted by atomic mass is 10.1. The Morgan fingerprint density at radius 1 is 1.28 bits per heavy atom. The minimum Gasteiger partial charge on any atom is -0.383 e. The second-order valence-corrected chi connectivity index (χ2v) is 4.45. The molecule has 3 N–H and O–H groups in total. The molecular formula is C12H15N5O. The Morgan fingerprint density at radius 2 is 1.89 bits per heavy atom. The number of nitrogens with two attached hydrogens (primary N) is 1. The van der Waals surface area contributed by atoms with Gasteiger partial charge < -0.3 is 10.7 Å². The number of nitrogen functional groups attached to an aromatic ring is 1. The van der Waals surface area contributed by atoms with E-state index in [0.29, 0.717) is 17.2 Å². The van der Waals surface area contributed by atoms with Crippen LogP contribution in [0.25, 0.3) is 11.6 Å². The number of H-pyrrole nitrogens is 1. The van der Waals surface area contributed by atoms with Crippen molar-refractivity contribution in [3.63, 3.8) is 0 Å². The van der Waals surface area contributed by atoms with Crippen LogP contribution in [-0.4, -0.2) is 19.9 Å². The molecule has 0 aliphatic rings. The van der Waals surface area contributed by atoms with Crippen molar-refractivity contribution in [1.29, 1.82) is 0 Å². The van der Waals surface area contributed by atoms with Gasteiger partial charge in [0.25, 0.3) is 5.56 Å². The molecule has 6 nitrogen and oxygen atoms in total. The predicted octanol–water partition coefficient (Wildman–Crippen LogP) is 1.24. The van der Waals surface area contributed by atoms with Gasteiger partial charge in [-0.2, -0.15) is 0 Å². The molecule has 0 radical (unpaired) electrons. The van der Waals surface area contributed by atoms with E-state index in [4.69, 9.17) is 5.73 Å². The smallest absolute Gasteiger partial charge is 0.256 e. The molecule has 2 heterocycles. The van der Waals surface area contributed by atoms with Crippen molar-refractivity contribution < 1.29 is 0 Å². The molecule has 0 aliphatic heterocycles. The maximum absolute atomic E-state index is 11.9. The number of hydrogen-bond donors (Lipinski definition) is 2. The fourth-order valence-electron chi connectivity index (χ4n) is 1.68. The highest BCUT2D eigenvalue weighted by Crippen LogP contribution is 2.17. The number of aryl methyl sites for hydroxylation is 1. The van der Waals surface area contributed by atoms with Crippen LogP contribution in [-0.2, 0) is 0 Å². The van der Waals surface area contributed by atoms with Gasteiger partial charge in [0.1, 0.15) is 5.82 Å². The molecule has 6 heteroatoms. The lowest BCUT2D eigenvalue weighted by molar-refractivity contribution is 0.835. The fraction of sp³-hybridized carbons (Fsp3) is 0.333. The van der Waals surface area contributed by atoms with Crippen molar-refractivity contribution in [2.75, 3.05) is 5.73 Å². The fourth-order valence-corrected chi connectivity index (χ4v) is 1.68. The summed E-state index contributed by atoms with van der Waals surface area (Å²) in [4.78, 5) is 26.9. The second kappa shape index (κ2) is 4.56. The van der Waals surface area contributed by atoms with Gasteiger partial charge in [0.2, 0.25) is 0 Å². The van der Waals surface area contributed by atoms with Crippen molar-refractivity contribution in [2.24, 2.45) is 0 Å². The summed E-state index contributed by atoms with van der Waals surface area (Å²) < 4.78 is 0.